The molecule has 4 N–H and O–H groups in total. The van der Waals surface area contributed by atoms with E-state index in [0.717, 1.165) is 56.2 Å². The maximum atomic E-state index is 14.6. The Kier molecular flexibility index (Phi) is 22.4. The second-order valence-electron chi connectivity index (χ2n) is 19.3. The topological polar surface area (TPSA) is 185 Å². The fourth-order valence-electron chi connectivity index (χ4n) is 9.71. The number of likely N-dealkylation sites (N-methyl/N-ethyl adjacent to an activating group) is 2. The first-order valence-corrected chi connectivity index (χ1v) is 24.6. The molecule has 4 rings (SSSR count). The lowest BCUT2D eigenvalue weighted by molar-refractivity contribution is -0.148. The van der Waals surface area contributed by atoms with Crippen LogP contribution in [0.1, 0.15) is 117 Å². The summed E-state index contributed by atoms with van der Waals surface area (Å²) in [6.07, 6.45) is 5.35. The molecule has 9 atom stereocenters. The van der Waals surface area contributed by atoms with Gasteiger partial charge < -0.3 is 40.1 Å². The summed E-state index contributed by atoms with van der Waals surface area (Å²) in [6.45, 7) is 15.8. The first-order chi connectivity index (χ1) is 32.1. The van der Waals surface area contributed by atoms with E-state index < -0.39 is 42.3 Å². The Balaban J connectivity index is 1.49. The van der Waals surface area contributed by atoms with Crippen molar-refractivity contribution < 1.29 is 33.1 Å². The van der Waals surface area contributed by atoms with Crippen molar-refractivity contribution in [2.24, 2.45) is 29.4 Å². The normalized spacial score (nSPS) is 17.7. The Morgan fingerprint density at radius 1 is 0.851 bits per heavy atom. The number of carbonyl (C=O) groups excluding carboxylic acids is 4. The second kappa shape index (κ2) is 27.3. The van der Waals surface area contributed by atoms with Gasteiger partial charge in [0.05, 0.1) is 42.7 Å². The summed E-state index contributed by atoms with van der Waals surface area (Å²) in [4.78, 5) is 63.0. The van der Waals surface area contributed by atoms with Crippen LogP contribution in [0.4, 0.5) is 0 Å². The number of ether oxygens (including phenoxy) is 2. The summed E-state index contributed by atoms with van der Waals surface area (Å²) in [5.41, 5.74) is 7.44. The predicted octanol–water partition coefficient (Wildman–Crippen LogP) is 6.67. The standard InChI is InChI=1S/C52H82N8O7/c1-12-36(6)46(59(9)52(64)44(34(2)3)55-49(63)45(35(4)5)58(8)30-22-14-13-21-29-53)42(65-10)33-43(61)60-31-23-28-41(60)47(66-11)37(7)48(62)54-40(32-38-24-17-15-18-25-38)51-57-56-50(67-51)39-26-19-16-20-27-39/h15-20,24-27,34-37,40-42,44-47H,12-14,21-23,28-33,53H2,1-11H3,(H,54,62)(H,55,63)/t36-,37+,40-,41-,42+,44-,45-,46-,47+/m0/s1. The van der Waals surface area contributed by atoms with Crippen LogP contribution in [0.15, 0.2) is 65.1 Å². The largest absolute Gasteiger partial charge is 0.418 e. The van der Waals surface area contributed by atoms with E-state index in [0.29, 0.717) is 31.8 Å². The maximum Gasteiger partial charge on any atom is 0.247 e. The summed E-state index contributed by atoms with van der Waals surface area (Å²) >= 11 is 0. The average Bonchev–Trinajstić information content (AvgIpc) is 4.02. The number of rotatable bonds is 28. The van der Waals surface area contributed by atoms with Crippen LogP contribution in [-0.2, 0) is 35.1 Å². The molecule has 0 unspecified atom stereocenters. The number of unbranched alkanes of at least 4 members (excludes halogenated alkanes) is 3. The SMILES string of the molecule is CC[C@H](C)[C@@H]([C@@H](CC(=O)N1CCC[C@H]1[C@H](OC)[C@@H](C)C(=O)N[C@@H](Cc1ccccc1)c1nnc(-c2ccccc2)o1)OC)N(C)C(=O)[C@@H](NC(=O)[C@H](C(C)C)N(C)CCCCCCN)C(C)C. The molecule has 0 radical (unpaired) electrons. The molecule has 2 heterocycles. The van der Waals surface area contributed by atoms with Crippen LogP contribution in [-0.4, -0.2) is 133 Å². The number of nitrogens with one attached hydrogen (secondary N) is 2. The number of nitrogens with zero attached hydrogens (tertiary/aromatic N) is 5. The minimum atomic E-state index is -0.785. The molecule has 3 aromatic rings. The maximum absolute atomic E-state index is 14.6. The molecule has 4 amide bonds. The highest BCUT2D eigenvalue weighted by Gasteiger charge is 2.43. The Morgan fingerprint density at radius 2 is 1.51 bits per heavy atom. The van der Waals surface area contributed by atoms with Gasteiger partial charge in [-0.15, -0.1) is 10.2 Å². The van der Waals surface area contributed by atoms with Crippen LogP contribution < -0.4 is 16.4 Å². The summed E-state index contributed by atoms with van der Waals surface area (Å²) in [5.74, 6) is -1.04. The molecule has 0 bridgehead atoms. The molecule has 1 fully saturated rings. The third-order valence-corrected chi connectivity index (χ3v) is 13.7. The first kappa shape index (κ1) is 54.9. The van der Waals surface area contributed by atoms with Crippen LogP contribution in [0.5, 0.6) is 0 Å². The molecule has 0 spiro atoms. The van der Waals surface area contributed by atoms with Crippen molar-refractivity contribution in [2.75, 3.05) is 47.9 Å². The third kappa shape index (κ3) is 15.1. The lowest BCUT2D eigenvalue weighted by atomic mass is 9.89. The van der Waals surface area contributed by atoms with E-state index in [1.54, 1.807) is 26.2 Å². The third-order valence-electron chi connectivity index (χ3n) is 13.7. The fourth-order valence-corrected chi connectivity index (χ4v) is 9.71. The minimum absolute atomic E-state index is 0.0148. The van der Waals surface area contributed by atoms with E-state index in [2.05, 4.69) is 39.6 Å². The minimum Gasteiger partial charge on any atom is -0.418 e. The van der Waals surface area contributed by atoms with Gasteiger partial charge >= 0.3 is 0 Å². The molecule has 0 saturated carbocycles. The monoisotopic (exact) mass is 931 g/mol. The number of aromatic nitrogens is 2. The van der Waals surface area contributed by atoms with Crippen molar-refractivity contribution in [3.8, 4) is 11.5 Å². The quantitative estimate of drug-likeness (QED) is 0.0661. The van der Waals surface area contributed by atoms with Gasteiger partial charge in [-0.1, -0.05) is 116 Å². The van der Waals surface area contributed by atoms with Crippen LogP contribution in [0, 0.1) is 23.7 Å². The molecule has 1 aliphatic rings. The smallest absolute Gasteiger partial charge is 0.247 e. The highest BCUT2D eigenvalue weighted by atomic mass is 16.5. The molecule has 15 heteroatoms. The highest BCUT2D eigenvalue weighted by Crippen LogP contribution is 2.31. The number of hydrogen-bond acceptors (Lipinski definition) is 11. The number of hydrogen-bond donors (Lipinski definition) is 3. The van der Waals surface area contributed by atoms with E-state index in [4.69, 9.17) is 19.6 Å². The van der Waals surface area contributed by atoms with Crippen molar-refractivity contribution in [3.05, 3.63) is 72.1 Å². The van der Waals surface area contributed by atoms with Crippen molar-refractivity contribution >= 4 is 23.6 Å². The molecule has 1 aromatic heterocycles. The van der Waals surface area contributed by atoms with Crippen LogP contribution in [0.3, 0.4) is 0 Å². The van der Waals surface area contributed by atoms with E-state index in [1.807, 2.05) is 107 Å². The van der Waals surface area contributed by atoms with Gasteiger partial charge in [-0.25, -0.2) is 0 Å². The molecular weight excluding hydrogens is 849 g/mol. The van der Waals surface area contributed by atoms with E-state index in [-0.39, 0.29) is 59.7 Å². The van der Waals surface area contributed by atoms with Gasteiger partial charge in [-0.3, -0.25) is 24.1 Å². The zero-order valence-electron chi connectivity index (χ0n) is 42.3. The Morgan fingerprint density at radius 3 is 2.10 bits per heavy atom. The Labute approximate surface area is 400 Å². The van der Waals surface area contributed by atoms with E-state index in [9.17, 15) is 19.2 Å². The lowest BCUT2D eigenvalue weighted by Gasteiger charge is -2.41. The Hall–Kier alpha value is -4.70. The van der Waals surface area contributed by atoms with E-state index >= 15 is 0 Å². The summed E-state index contributed by atoms with van der Waals surface area (Å²) in [5, 5.41) is 15.0. The van der Waals surface area contributed by atoms with Crippen LogP contribution in [0.2, 0.25) is 0 Å². The van der Waals surface area contributed by atoms with E-state index in [1.165, 1.54) is 0 Å². The first-order valence-electron chi connectivity index (χ1n) is 24.6. The average molecular weight is 931 g/mol. The predicted molar refractivity (Wildman–Crippen MR) is 262 cm³/mol. The number of benzene rings is 2. The van der Waals surface area contributed by atoms with Crippen molar-refractivity contribution in [3.63, 3.8) is 0 Å². The number of carbonyl (C=O) groups is 4. The molecule has 0 aliphatic carbocycles. The van der Waals surface area contributed by atoms with Crippen molar-refractivity contribution in [1.29, 1.82) is 0 Å². The summed E-state index contributed by atoms with van der Waals surface area (Å²) in [6, 6.07) is 16.6. The number of nitrogens with two attached hydrogens (primary N) is 1. The molecule has 15 nitrogen and oxygen atoms in total. The molecule has 372 valence electrons. The molecular formula is C52H82N8O7. The zero-order valence-corrected chi connectivity index (χ0v) is 42.3. The molecule has 2 aromatic carbocycles. The van der Waals surface area contributed by atoms with Crippen LogP contribution in [0.25, 0.3) is 11.5 Å². The van der Waals surface area contributed by atoms with Crippen molar-refractivity contribution in [1.82, 2.24) is 35.5 Å². The molecule has 1 aliphatic heterocycles. The number of likely N-dealkylation sites (tertiary alicyclic amines) is 1. The van der Waals surface area contributed by atoms with Gasteiger partial charge in [0.15, 0.2) is 0 Å². The molecule has 67 heavy (non-hydrogen) atoms. The van der Waals surface area contributed by atoms with Crippen LogP contribution >= 0.6 is 0 Å². The molecule has 1 saturated heterocycles. The van der Waals surface area contributed by atoms with Gasteiger partial charge in [0.2, 0.25) is 35.4 Å². The van der Waals surface area contributed by atoms with Gasteiger partial charge in [0.25, 0.3) is 0 Å². The summed E-state index contributed by atoms with van der Waals surface area (Å²) in [7, 11) is 6.89. The fraction of sp³-hybridized carbons (Fsp3) is 0.654. The van der Waals surface area contributed by atoms with Gasteiger partial charge in [-0.05, 0) is 81.3 Å². The van der Waals surface area contributed by atoms with Gasteiger partial charge in [-0.2, -0.15) is 0 Å². The second-order valence-corrected chi connectivity index (χ2v) is 19.3. The van der Waals surface area contributed by atoms with Gasteiger partial charge in [0, 0.05) is 39.8 Å². The zero-order chi connectivity index (χ0) is 49.2. The summed E-state index contributed by atoms with van der Waals surface area (Å²) < 4.78 is 18.4. The Bertz CT molecular complexity index is 1950. The number of methoxy groups -OCH3 is 2. The highest BCUT2D eigenvalue weighted by molar-refractivity contribution is 5.90. The lowest BCUT2D eigenvalue weighted by Crippen LogP contribution is -2.60. The van der Waals surface area contributed by atoms with Gasteiger partial charge in [0.1, 0.15) is 12.1 Å². The van der Waals surface area contributed by atoms with Crippen molar-refractivity contribution in [2.45, 2.75) is 149 Å². The number of amides is 4.